The summed E-state index contributed by atoms with van der Waals surface area (Å²) in [5, 5.41) is 0. The van der Waals surface area contributed by atoms with Crippen LogP contribution in [0.15, 0.2) is 16.7 Å². The Morgan fingerprint density at radius 3 is 2.57 bits per heavy atom. The fraction of sp³-hybridized carbons (Fsp3) is 0.200. The second kappa shape index (κ2) is 1.70. The summed E-state index contributed by atoms with van der Waals surface area (Å²) in [6.45, 7) is 2.02. The van der Waals surface area contributed by atoms with Crippen molar-refractivity contribution >= 4 is 15.9 Å². The molecule has 38 valence electrons. The summed E-state index contributed by atoms with van der Waals surface area (Å²) in [6.07, 6.45) is 1.91. The molecule has 1 nitrogen and oxygen atoms in total. The van der Waals surface area contributed by atoms with Gasteiger partial charge in [0.1, 0.15) is 0 Å². The van der Waals surface area contributed by atoms with Crippen molar-refractivity contribution in [3.05, 3.63) is 22.4 Å². The lowest BCUT2D eigenvalue weighted by atomic mass is 10.5. The zero-order valence-electron chi connectivity index (χ0n) is 4.03. The van der Waals surface area contributed by atoms with Gasteiger partial charge in [-0.3, -0.25) is 0 Å². The maximum Gasteiger partial charge on any atom is 0.0352 e. The predicted molar refractivity (Wildman–Crippen MR) is 33.2 cm³/mol. The summed E-state index contributed by atoms with van der Waals surface area (Å²) >= 11 is 3.30. The number of hydrogen-bond acceptors (Lipinski definition) is 0. The second-order valence-electron chi connectivity index (χ2n) is 1.50. The lowest BCUT2D eigenvalue weighted by Gasteiger charge is -1.70. The third-order valence-corrected chi connectivity index (χ3v) is 1.25. The van der Waals surface area contributed by atoms with Gasteiger partial charge in [-0.1, -0.05) is 0 Å². The van der Waals surface area contributed by atoms with Gasteiger partial charge in [-0.15, -0.1) is 0 Å². The first kappa shape index (κ1) is 4.91. The summed E-state index contributed by atoms with van der Waals surface area (Å²) in [4.78, 5) is 3.02. The van der Waals surface area contributed by atoms with E-state index in [1.165, 1.54) is 5.69 Å². The Morgan fingerprint density at radius 1 is 1.71 bits per heavy atom. The molecule has 1 N–H and O–H groups in total. The van der Waals surface area contributed by atoms with Crippen LogP contribution in [0.1, 0.15) is 5.69 Å². The summed E-state index contributed by atoms with van der Waals surface area (Å²) in [5.74, 6) is 0. The lowest BCUT2D eigenvalue weighted by Crippen LogP contribution is -1.59. The van der Waals surface area contributed by atoms with Crippen LogP contribution in [-0.4, -0.2) is 4.98 Å². The number of hydrogen-bond donors (Lipinski definition) is 1. The Labute approximate surface area is 50.9 Å². The zero-order chi connectivity index (χ0) is 5.28. The van der Waals surface area contributed by atoms with Crippen molar-refractivity contribution in [1.29, 1.82) is 0 Å². The molecule has 1 aromatic heterocycles. The first-order valence-corrected chi connectivity index (χ1v) is 2.89. The van der Waals surface area contributed by atoms with E-state index in [1.807, 2.05) is 19.2 Å². The van der Waals surface area contributed by atoms with Gasteiger partial charge in [0.15, 0.2) is 0 Å². The van der Waals surface area contributed by atoms with Gasteiger partial charge in [-0.05, 0) is 28.9 Å². The molecule has 0 aromatic carbocycles. The molecule has 1 heterocycles. The molecule has 0 bridgehead atoms. The number of halogens is 1. The Balaban J connectivity index is 3.04. The van der Waals surface area contributed by atoms with Crippen LogP contribution in [0.4, 0.5) is 0 Å². The van der Waals surface area contributed by atoms with Crippen LogP contribution in [0.2, 0.25) is 0 Å². The van der Waals surface area contributed by atoms with Crippen molar-refractivity contribution < 1.29 is 0 Å². The van der Waals surface area contributed by atoms with Crippen LogP contribution >= 0.6 is 15.9 Å². The van der Waals surface area contributed by atoms with Gasteiger partial charge in [0.25, 0.3) is 0 Å². The SMILES string of the molecule is Cc1cc(Br)c[nH]1. The van der Waals surface area contributed by atoms with E-state index in [-0.39, 0.29) is 0 Å². The van der Waals surface area contributed by atoms with Crippen LogP contribution in [0.5, 0.6) is 0 Å². The van der Waals surface area contributed by atoms with Crippen molar-refractivity contribution in [3.63, 3.8) is 0 Å². The molecule has 0 unspecified atom stereocenters. The van der Waals surface area contributed by atoms with Gasteiger partial charge in [-0.25, -0.2) is 0 Å². The Hall–Kier alpha value is -0.240. The van der Waals surface area contributed by atoms with Gasteiger partial charge in [0.2, 0.25) is 0 Å². The quantitative estimate of drug-likeness (QED) is 0.597. The lowest BCUT2D eigenvalue weighted by molar-refractivity contribution is 1.27. The fourth-order valence-electron chi connectivity index (χ4n) is 0.473. The number of aromatic nitrogens is 1. The number of nitrogens with one attached hydrogen (secondary N) is 1. The van der Waals surface area contributed by atoms with Crippen LogP contribution in [0.25, 0.3) is 0 Å². The molecule has 0 fully saturated rings. The molecule has 1 aromatic rings. The standard InChI is InChI=1S/C5H6BrN/c1-4-2-5(6)3-7-4/h2-3,7H,1H3. The first-order chi connectivity index (χ1) is 3.29. The van der Waals surface area contributed by atoms with Crippen molar-refractivity contribution in [2.24, 2.45) is 0 Å². The van der Waals surface area contributed by atoms with E-state index < -0.39 is 0 Å². The van der Waals surface area contributed by atoms with E-state index in [4.69, 9.17) is 0 Å². The molecule has 2 heteroatoms. The molecule has 0 aliphatic rings. The smallest absolute Gasteiger partial charge is 0.0352 e. The summed E-state index contributed by atoms with van der Waals surface area (Å²) in [6, 6.07) is 2.03. The Morgan fingerprint density at radius 2 is 2.43 bits per heavy atom. The van der Waals surface area contributed by atoms with E-state index in [9.17, 15) is 0 Å². The molecule has 0 radical (unpaired) electrons. The number of aryl methyl sites for hydroxylation is 1. The Kier molecular flexibility index (Phi) is 1.19. The topological polar surface area (TPSA) is 15.8 Å². The van der Waals surface area contributed by atoms with E-state index in [1.54, 1.807) is 0 Å². The number of aromatic amines is 1. The molecular weight excluding hydrogens is 154 g/mol. The number of rotatable bonds is 0. The highest BCUT2D eigenvalue weighted by Crippen LogP contribution is 2.08. The molecule has 0 amide bonds. The van der Waals surface area contributed by atoms with E-state index in [2.05, 4.69) is 20.9 Å². The largest absolute Gasteiger partial charge is 0.364 e. The summed E-state index contributed by atoms with van der Waals surface area (Å²) in [7, 11) is 0. The molecule has 0 saturated carbocycles. The third-order valence-electron chi connectivity index (χ3n) is 0.792. The average molecular weight is 160 g/mol. The molecule has 0 saturated heterocycles. The summed E-state index contributed by atoms with van der Waals surface area (Å²) < 4.78 is 1.12. The van der Waals surface area contributed by atoms with Crippen LogP contribution in [0, 0.1) is 6.92 Å². The molecule has 1 rings (SSSR count). The van der Waals surface area contributed by atoms with Crippen molar-refractivity contribution in [2.75, 3.05) is 0 Å². The highest BCUT2D eigenvalue weighted by Gasteiger charge is 1.84. The minimum absolute atomic E-state index is 1.12. The van der Waals surface area contributed by atoms with Gasteiger partial charge in [0, 0.05) is 16.4 Å². The van der Waals surface area contributed by atoms with Crippen LogP contribution in [0.3, 0.4) is 0 Å². The predicted octanol–water partition coefficient (Wildman–Crippen LogP) is 2.09. The average Bonchev–Trinajstić information content (AvgIpc) is 1.87. The third kappa shape index (κ3) is 1.06. The van der Waals surface area contributed by atoms with E-state index in [0.29, 0.717) is 0 Å². The monoisotopic (exact) mass is 159 g/mol. The van der Waals surface area contributed by atoms with E-state index in [0.717, 1.165) is 4.47 Å². The molecule has 0 spiro atoms. The second-order valence-corrected chi connectivity index (χ2v) is 2.42. The highest BCUT2D eigenvalue weighted by atomic mass is 79.9. The van der Waals surface area contributed by atoms with Crippen molar-refractivity contribution in [2.45, 2.75) is 6.92 Å². The molecule has 0 aliphatic heterocycles. The fourth-order valence-corrected chi connectivity index (χ4v) is 0.931. The van der Waals surface area contributed by atoms with Gasteiger partial charge in [-0.2, -0.15) is 0 Å². The zero-order valence-corrected chi connectivity index (χ0v) is 5.62. The molecule has 0 atom stereocenters. The normalized spacial score (nSPS) is 9.43. The van der Waals surface area contributed by atoms with Gasteiger partial charge in [0.05, 0.1) is 0 Å². The molecular formula is C5H6BrN. The van der Waals surface area contributed by atoms with Crippen molar-refractivity contribution in [1.82, 2.24) is 4.98 Å². The van der Waals surface area contributed by atoms with E-state index >= 15 is 0 Å². The minimum atomic E-state index is 1.12. The van der Waals surface area contributed by atoms with Crippen molar-refractivity contribution in [3.8, 4) is 0 Å². The van der Waals surface area contributed by atoms with Gasteiger partial charge < -0.3 is 4.98 Å². The van der Waals surface area contributed by atoms with Gasteiger partial charge >= 0.3 is 0 Å². The summed E-state index contributed by atoms with van der Waals surface area (Å²) in [5.41, 5.74) is 1.19. The maximum absolute atomic E-state index is 3.30. The number of H-pyrrole nitrogens is 1. The van der Waals surface area contributed by atoms with Crippen LogP contribution in [-0.2, 0) is 0 Å². The first-order valence-electron chi connectivity index (χ1n) is 2.09. The molecule has 0 aliphatic carbocycles. The van der Waals surface area contributed by atoms with Crippen LogP contribution < -0.4 is 0 Å². The maximum atomic E-state index is 3.30. The minimum Gasteiger partial charge on any atom is -0.364 e. The Bertz CT molecular complexity index is 140. The molecule has 7 heavy (non-hydrogen) atoms. The highest BCUT2D eigenvalue weighted by molar-refractivity contribution is 9.10.